The van der Waals surface area contributed by atoms with Gasteiger partial charge in [0, 0.05) is 6.21 Å². The van der Waals surface area contributed by atoms with E-state index < -0.39 is 0 Å². The van der Waals surface area contributed by atoms with Gasteiger partial charge < -0.3 is 4.84 Å². The Morgan fingerprint density at radius 2 is 2.29 bits per heavy atom. The van der Waals surface area contributed by atoms with E-state index in [4.69, 9.17) is 0 Å². The van der Waals surface area contributed by atoms with Crippen molar-refractivity contribution in [3.63, 3.8) is 0 Å². The molecule has 0 atom stereocenters. The van der Waals surface area contributed by atoms with Crippen LogP contribution >= 0.6 is 0 Å². The maximum atomic E-state index is 4.30. The Balaban J connectivity index is 3.09. The van der Waals surface area contributed by atoms with Crippen LogP contribution in [0.2, 0.25) is 0 Å². The highest BCUT2D eigenvalue weighted by Crippen LogP contribution is 1.62. The molecule has 7 heavy (non-hydrogen) atoms. The fourth-order valence-electron chi connectivity index (χ4n) is 0.141. The van der Waals surface area contributed by atoms with Crippen LogP contribution in [0.4, 0.5) is 0 Å². The third kappa shape index (κ3) is 5.14. The predicted molar refractivity (Wildman–Crippen MR) is 29.7 cm³/mol. The topological polar surface area (TPSA) is 34.0 Å². The van der Waals surface area contributed by atoms with Crippen molar-refractivity contribution >= 4 is 12.6 Å². The van der Waals surface area contributed by atoms with Crippen LogP contribution in [0.15, 0.2) is 10.1 Å². The maximum absolute atomic E-state index is 4.30. The van der Waals surface area contributed by atoms with Gasteiger partial charge in [0.05, 0.1) is 0 Å². The van der Waals surface area contributed by atoms with Crippen molar-refractivity contribution in [2.75, 3.05) is 7.11 Å². The molecule has 0 aliphatic carbocycles. The van der Waals surface area contributed by atoms with E-state index in [-0.39, 0.29) is 0 Å². The summed E-state index contributed by atoms with van der Waals surface area (Å²) in [5.74, 6) is 0. The van der Waals surface area contributed by atoms with Crippen LogP contribution in [0, 0.1) is 0 Å². The highest BCUT2D eigenvalue weighted by Gasteiger charge is 1.56. The lowest BCUT2D eigenvalue weighted by Gasteiger charge is -1.77. The molecule has 40 valence electrons. The molecule has 0 unspecified atom stereocenters. The summed E-state index contributed by atoms with van der Waals surface area (Å²) in [4.78, 5) is 7.92. The van der Waals surface area contributed by atoms with Gasteiger partial charge in [-0.15, -0.1) is 0 Å². The number of oxime groups is 1. The number of nitrogens with zero attached hydrogens (tertiary/aromatic N) is 2. The quantitative estimate of drug-likeness (QED) is 0.285. The molecule has 0 radical (unpaired) electrons. The Kier molecular flexibility index (Phi) is 4.51. The fourth-order valence-corrected chi connectivity index (χ4v) is 0.141. The smallest absolute Gasteiger partial charge is 0.154 e. The Bertz CT molecular complexity index is 77.8. The summed E-state index contributed by atoms with van der Waals surface area (Å²) in [6.07, 6.45) is 2.96. The number of rotatable bonds is 2. The van der Waals surface area contributed by atoms with Crippen molar-refractivity contribution < 1.29 is 4.84 Å². The molecule has 0 spiro atoms. The standard InChI is InChI=1S/C4H8N2O/c1-3-5-4-6-7-2/h3-4H,1-2H3/b5-3-,6-4-. The third-order valence-electron chi connectivity index (χ3n) is 0.368. The Labute approximate surface area is 42.7 Å². The van der Waals surface area contributed by atoms with Gasteiger partial charge in [-0.05, 0) is 6.92 Å². The lowest BCUT2D eigenvalue weighted by Crippen LogP contribution is -1.68. The average Bonchev–Trinajstić information content (AvgIpc) is 1.69. The average molecular weight is 100 g/mol. The number of aliphatic imine (C=N–C) groups is 1. The molecule has 0 aliphatic rings. The van der Waals surface area contributed by atoms with Gasteiger partial charge in [0.2, 0.25) is 0 Å². The molecular formula is C4H8N2O. The molecule has 0 heterocycles. The summed E-state index contributed by atoms with van der Waals surface area (Å²) in [5, 5.41) is 3.34. The van der Waals surface area contributed by atoms with E-state index >= 15 is 0 Å². The monoisotopic (exact) mass is 100 g/mol. The van der Waals surface area contributed by atoms with E-state index in [0.29, 0.717) is 0 Å². The van der Waals surface area contributed by atoms with Crippen LogP contribution in [0.5, 0.6) is 0 Å². The molecule has 0 fully saturated rings. The largest absolute Gasteiger partial charge is 0.398 e. The summed E-state index contributed by atoms with van der Waals surface area (Å²) in [7, 11) is 1.47. The van der Waals surface area contributed by atoms with Crippen molar-refractivity contribution in [2.24, 2.45) is 10.1 Å². The van der Waals surface area contributed by atoms with Crippen LogP contribution in [0.3, 0.4) is 0 Å². The van der Waals surface area contributed by atoms with Gasteiger partial charge in [0.25, 0.3) is 0 Å². The van der Waals surface area contributed by atoms with Gasteiger partial charge in [-0.1, -0.05) is 5.16 Å². The molecule has 0 rings (SSSR count). The molecule has 0 aromatic rings. The lowest BCUT2D eigenvalue weighted by molar-refractivity contribution is 0.215. The fraction of sp³-hybridized carbons (Fsp3) is 0.500. The first-order chi connectivity index (χ1) is 3.41. The minimum absolute atomic E-state index is 1.33. The second kappa shape index (κ2) is 5.14. The van der Waals surface area contributed by atoms with Gasteiger partial charge >= 0.3 is 0 Å². The van der Waals surface area contributed by atoms with E-state index in [1.54, 1.807) is 6.21 Å². The number of hydrogen-bond acceptors (Lipinski definition) is 2. The molecular weight excluding hydrogens is 92.1 g/mol. The molecule has 0 saturated carbocycles. The van der Waals surface area contributed by atoms with Crippen molar-refractivity contribution in [1.82, 2.24) is 0 Å². The molecule has 0 bridgehead atoms. The first-order valence-corrected chi connectivity index (χ1v) is 1.94. The highest BCUT2D eigenvalue weighted by atomic mass is 16.6. The van der Waals surface area contributed by atoms with E-state index in [0.717, 1.165) is 0 Å². The molecule has 0 saturated heterocycles. The molecule has 0 aliphatic heterocycles. The van der Waals surface area contributed by atoms with Crippen LogP contribution in [-0.2, 0) is 4.84 Å². The second-order valence-electron chi connectivity index (χ2n) is 0.811. The zero-order valence-corrected chi connectivity index (χ0v) is 4.46. The normalized spacial score (nSPS) is 11.1. The SMILES string of the molecule is C/C=N\C=N/OC. The van der Waals surface area contributed by atoms with Crippen molar-refractivity contribution in [3.05, 3.63) is 0 Å². The van der Waals surface area contributed by atoms with Crippen molar-refractivity contribution in [1.29, 1.82) is 0 Å². The van der Waals surface area contributed by atoms with Crippen molar-refractivity contribution in [2.45, 2.75) is 6.92 Å². The number of hydrogen-bond donors (Lipinski definition) is 0. The van der Waals surface area contributed by atoms with Gasteiger partial charge in [-0.3, -0.25) is 0 Å². The summed E-state index contributed by atoms with van der Waals surface area (Å²) < 4.78 is 0. The first-order valence-electron chi connectivity index (χ1n) is 1.94. The molecule has 0 amide bonds. The Hall–Kier alpha value is -0.860. The van der Waals surface area contributed by atoms with Gasteiger partial charge in [-0.25, -0.2) is 4.99 Å². The summed E-state index contributed by atoms with van der Waals surface area (Å²) in [6, 6.07) is 0. The van der Waals surface area contributed by atoms with Crippen LogP contribution in [0.25, 0.3) is 0 Å². The van der Waals surface area contributed by atoms with Gasteiger partial charge in [0.15, 0.2) is 6.34 Å². The van der Waals surface area contributed by atoms with E-state index in [2.05, 4.69) is 15.0 Å². The molecule has 3 nitrogen and oxygen atoms in total. The minimum Gasteiger partial charge on any atom is -0.398 e. The van der Waals surface area contributed by atoms with E-state index in [1.165, 1.54) is 13.4 Å². The predicted octanol–water partition coefficient (Wildman–Crippen LogP) is 0.667. The van der Waals surface area contributed by atoms with Gasteiger partial charge in [-0.2, -0.15) is 0 Å². The zero-order chi connectivity index (χ0) is 5.54. The molecule has 0 aromatic carbocycles. The third-order valence-corrected chi connectivity index (χ3v) is 0.368. The van der Waals surface area contributed by atoms with Gasteiger partial charge in [0.1, 0.15) is 7.11 Å². The molecule has 0 aromatic heterocycles. The maximum Gasteiger partial charge on any atom is 0.154 e. The minimum atomic E-state index is 1.33. The molecule has 3 heteroatoms. The second-order valence-corrected chi connectivity index (χ2v) is 0.811. The Morgan fingerprint density at radius 1 is 1.57 bits per heavy atom. The lowest BCUT2D eigenvalue weighted by atomic mass is 10.9. The summed E-state index contributed by atoms with van der Waals surface area (Å²) >= 11 is 0. The first kappa shape index (κ1) is 6.14. The van der Waals surface area contributed by atoms with Crippen molar-refractivity contribution in [3.8, 4) is 0 Å². The summed E-state index contributed by atoms with van der Waals surface area (Å²) in [6.45, 7) is 1.81. The van der Waals surface area contributed by atoms with Crippen LogP contribution < -0.4 is 0 Å². The van der Waals surface area contributed by atoms with E-state index in [1.807, 2.05) is 6.92 Å². The zero-order valence-electron chi connectivity index (χ0n) is 4.46. The highest BCUT2D eigenvalue weighted by molar-refractivity contribution is 5.69. The van der Waals surface area contributed by atoms with Crippen LogP contribution in [-0.4, -0.2) is 19.7 Å². The summed E-state index contributed by atoms with van der Waals surface area (Å²) in [5.41, 5.74) is 0. The Morgan fingerprint density at radius 3 is 2.71 bits per heavy atom. The van der Waals surface area contributed by atoms with E-state index in [9.17, 15) is 0 Å². The molecule has 0 N–H and O–H groups in total. The van der Waals surface area contributed by atoms with Crippen LogP contribution in [0.1, 0.15) is 6.92 Å².